The van der Waals surface area contributed by atoms with E-state index in [1.165, 1.54) is 6.42 Å². The normalized spacial score (nSPS) is 18.1. The van der Waals surface area contributed by atoms with Gasteiger partial charge in [-0.1, -0.05) is 26.2 Å². The molecule has 1 unspecified atom stereocenters. The van der Waals surface area contributed by atoms with Gasteiger partial charge in [-0.05, 0) is 12.8 Å². The first kappa shape index (κ1) is 14.7. The van der Waals surface area contributed by atoms with Gasteiger partial charge in [-0.2, -0.15) is 0 Å². The highest BCUT2D eigenvalue weighted by molar-refractivity contribution is 6.00. The summed E-state index contributed by atoms with van der Waals surface area (Å²) in [6.45, 7) is 1.67. The third-order valence-corrected chi connectivity index (χ3v) is 3.39. The molecule has 1 saturated carbocycles. The molecule has 0 bridgehead atoms. The molecular formula is C13H21NO4. The lowest BCUT2D eigenvalue weighted by molar-refractivity contribution is -0.149. The first-order valence-corrected chi connectivity index (χ1v) is 6.59. The molecule has 0 aromatic heterocycles. The van der Waals surface area contributed by atoms with Gasteiger partial charge in [-0.15, -0.1) is 0 Å². The van der Waals surface area contributed by atoms with Crippen LogP contribution in [-0.4, -0.2) is 28.8 Å². The van der Waals surface area contributed by atoms with Gasteiger partial charge in [0.15, 0.2) is 0 Å². The highest BCUT2D eigenvalue weighted by Gasteiger charge is 2.30. The van der Waals surface area contributed by atoms with Gasteiger partial charge in [0.05, 0.1) is 0 Å². The molecule has 0 aliphatic heterocycles. The Morgan fingerprint density at radius 1 is 1.22 bits per heavy atom. The van der Waals surface area contributed by atoms with Gasteiger partial charge in [0.1, 0.15) is 11.7 Å². The first-order valence-electron chi connectivity index (χ1n) is 6.59. The minimum atomic E-state index is -1.24. The molecule has 0 radical (unpaired) electrons. The second kappa shape index (κ2) is 7.13. The van der Waals surface area contributed by atoms with Crippen LogP contribution in [0.4, 0.5) is 0 Å². The van der Waals surface area contributed by atoms with Crippen molar-refractivity contribution in [3.8, 4) is 0 Å². The lowest BCUT2D eigenvalue weighted by Crippen LogP contribution is -2.43. The van der Waals surface area contributed by atoms with E-state index in [1.807, 2.05) is 0 Å². The first-order chi connectivity index (χ1) is 8.54. The minimum absolute atomic E-state index is 0.0739. The van der Waals surface area contributed by atoms with Crippen molar-refractivity contribution in [1.29, 1.82) is 0 Å². The highest BCUT2D eigenvalue weighted by atomic mass is 16.4. The summed E-state index contributed by atoms with van der Waals surface area (Å²) in [6.07, 6.45) is 5.17. The van der Waals surface area contributed by atoms with Crippen LogP contribution in [0.5, 0.6) is 0 Å². The molecule has 1 aliphatic rings. The van der Waals surface area contributed by atoms with Gasteiger partial charge >= 0.3 is 5.97 Å². The second-order valence-corrected chi connectivity index (χ2v) is 4.83. The van der Waals surface area contributed by atoms with Crippen molar-refractivity contribution < 1.29 is 19.5 Å². The summed E-state index contributed by atoms with van der Waals surface area (Å²) in [5.41, 5.74) is 0. The third-order valence-electron chi connectivity index (χ3n) is 3.39. The molecule has 0 saturated heterocycles. The largest absolute Gasteiger partial charge is 0.481 e. The molecule has 102 valence electrons. The Morgan fingerprint density at radius 3 is 2.33 bits per heavy atom. The van der Waals surface area contributed by atoms with Crippen molar-refractivity contribution in [2.75, 3.05) is 0 Å². The zero-order valence-electron chi connectivity index (χ0n) is 10.8. The number of rotatable bonds is 6. The fourth-order valence-electron chi connectivity index (χ4n) is 2.21. The summed E-state index contributed by atoms with van der Waals surface area (Å²) >= 11 is 0. The number of carboxylic acid groups (broad SMARTS) is 1. The summed E-state index contributed by atoms with van der Waals surface area (Å²) in [6, 6.07) is 0.0739. The van der Waals surface area contributed by atoms with E-state index in [0.717, 1.165) is 25.7 Å². The van der Waals surface area contributed by atoms with Crippen LogP contribution < -0.4 is 5.32 Å². The van der Waals surface area contributed by atoms with E-state index in [4.69, 9.17) is 5.11 Å². The number of carboxylic acids is 1. The number of Topliss-reactive ketones (excluding diaryl/α,β-unsaturated/α-hetero) is 1. The van der Waals surface area contributed by atoms with Crippen molar-refractivity contribution in [1.82, 2.24) is 5.32 Å². The Balaban J connectivity index is 2.53. The van der Waals surface area contributed by atoms with Crippen LogP contribution in [0.2, 0.25) is 0 Å². The zero-order valence-corrected chi connectivity index (χ0v) is 10.8. The molecule has 18 heavy (non-hydrogen) atoms. The molecule has 1 aliphatic carbocycles. The average molecular weight is 255 g/mol. The van der Waals surface area contributed by atoms with E-state index >= 15 is 0 Å². The molecule has 1 rings (SSSR count). The summed E-state index contributed by atoms with van der Waals surface area (Å²) < 4.78 is 0. The maximum atomic E-state index is 11.9. The molecule has 0 spiro atoms. The van der Waals surface area contributed by atoms with E-state index in [1.54, 1.807) is 6.92 Å². The van der Waals surface area contributed by atoms with Crippen molar-refractivity contribution in [2.24, 2.45) is 5.92 Å². The zero-order chi connectivity index (χ0) is 13.5. The molecule has 0 heterocycles. The molecule has 0 aromatic rings. The summed E-state index contributed by atoms with van der Waals surface area (Å²) in [5.74, 6) is -3.16. The summed E-state index contributed by atoms with van der Waals surface area (Å²) in [7, 11) is 0. The Hall–Kier alpha value is -1.39. The number of nitrogens with one attached hydrogen (secondary N) is 1. The van der Waals surface area contributed by atoms with Gasteiger partial charge < -0.3 is 10.4 Å². The Morgan fingerprint density at radius 2 is 1.83 bits per heavy atom. The van der Waals surface area contributed by atoms with Crippen molar-refractivity contribution in [2.45, 2.75) is 57.9 Å². The molecule has 1 fully saturated rings. The van der Waals surface area contributed by atoms with Crippen molar-refractivity contribution >= 4 is 17.7 Å². The molecule has 5 nitrogen and oxygen atoms in total. The maximum absolute atomic E-state index is 11.9. The number of carbonyl (C=O) groups excluding carboxylic acids is 2. The number of aliphatic carboxylic acids is 1. The number of amides is 1. The van der Waals surface area contributed by atoms with Crippen LogP contribution in [-0.2, 0) is 14.4 Å². The Kier molecular flexibility index (Phi) is 5.82. The van der Waals surface area contributed by atoms with Crippen LogP contribution in [0.25, 0.3) is 0 Å². The quantitative estimate of drug-likeness (QED) is 0.705. The van der Waals surface area contributed by atoms with Crippen LogP contribution >= 0.6 is 0 Å². The monoisotopic (exact) mass is 255 g/mol. The van der Waals surface area contributed by atoms with E-state index in [-0.39, 0.29) is 24.7 Å². The van der Waals surface area contributed by atoms with Gasteiger partial charge in [-0.3, -0.25) is 14.4 Å². The van der Waals surface area contributed by atoms with E-state index in [0.29, 0.717) is 0 Å². The molecule has 5 heteroatoms. The van der Waals surface area contributed by atoms with Gasteiger partial charge in [0.2, 0.25) is 5.91 Å². The van der Waals surface area contributed by atoms with E-state index in [2.05, 4.69) is 5.32 Å². The SMILES string of the molecule is CCC(=O)CC(C(=O)O)C(=O)NC1CCCCC1. The summed E-state index contributed by atoms with van der Waals surface area (Å²) in [5, 5.41) is 11.8. The smallest absolute Gasteiger partial charge is 0.316 e. The van der Waals surface area contributed by atoms with Crippen LogP contribution in [0.3, 0.4) is 0 Å². The fourth-order valence-corrected chi connectivity index (χ4v) is 2.21. The second-order valence-electron chi connectivity index (χ2n) is 4.83. The summed E-state index contributed by atoms with van der Waals surface area (Å²) in [4.78, 5) is 34.2. The number of hydrogen-bond acceptors (Lipinski definition) is 3. The van der Waals surface area contributed by atoms with Gasteiger partial charge in [0, 0.05) is 18.9 Å². The minimum Gasteiger partial charge on any atom is -0.481 e. The Labute approximate surface area is 107 Å². The van der Waals surface area contributed by atoms with Crippen molar-refractivity contribution in [3.05, 3.63) is 0 Å². The van der Waals surface area contributed by atoms with Gasteiger partial charge in [0.25, 0.3) is 0 Å². The molecule has 1 amide bonds. The topological polar surface area (TPSA) is 83.5 Å². The molecule has 2 N–H and O–H groups in total. The standard InChI is InChI=1S/C13H21NO4/c1-2-10(15)8-11(13(17)18)12(16)14-9-6-4-3-5-7-9/h9,11H,2-8H2,1H3,(H,14,16)(H,17,18). The number of hydrogen-bond donors (Lipinski definition) is 2. The highest BCUT2D eigenvalue weighted by Crippen LogP contribution is 2.18. The lowest BCUT2D eigenvalue weighted by atomic mass is 9.94. The predicted octanol–water partition coefficient (Wildman–Crippen LogP) is 1.51. The lowest BCUT2D eigenvalue weighted by Gasteiger charge is -2.24. The van der Waals surface area contributed by atoms with Gasteiger partial charge in [-0.25, -0.2) is 0 Å². The van der Waals surface area contributed by atoms with Crippen molar-refractivity contribution in [3.63, 3.8) is 0 Å². The molecular weight excluding hydrogens is 234 g/mol. The molecule has 1 atom stereocenters. The average Bonchev–Trinajstić information content (AvgIpc) is 2.36. The predicted molar refractivity (Wildman–Crippen MR) is 66.1 cm³/mol. The Bertz CT molecular complexity index is 321. The molecule has 0 aromatic carbocycles. The van der Waals surface area contributed by atoms with Crippen LogP contribution in [0.1, 0.15) is 51.9 Å². The fraction of sp³-hybridized carbons (Fsp3) is 0.769. The number of ketones is 1. The number of carbonyl (C=O) groups is 3. The van der Waals surface area contributed by atoms with Crippen LogP contribution in [0.15, 0.2) is 0 Å². The van der Waals surface area contributed by atoms with E-state index in [9.17, 15) is 14.4 Å². The third kappa shape index (κ3) is 4.47. The van der Waals surface area contributed by atoms with Crippen LogP contribution in [0, 0.1) is 5.92 Å². The maximum Gasteiger partial charge on any atom is 0.316 e. The van der Waals surface area contributed by atoms with E-state index < -0.39 is 17.8 Å².